The van der Waals surface area contributed by atoms with E-state index < -0.39 is 0 Å². The minimum Gasteiger partial charge on any atom is -0.376 e. The number of imidazole rings is 1. The van der Waals surface area contributed by atoms with Gasteiger partial charge in [0.2, 0.25) is 5.91 Å². The van der Waals surface area contributed by atoms with Crippen molar-refractivity contribution < 1.29 is 9.53 Å². The molecule has 0 bridgehead atoms. The summed E-state index contributed by atoms with van der Waals surface area (Å²) in [5.74, 6) is 1.06. The van der Waals surface area contributed by atoms with Crippen LogP contribution in [0.25, 0.3) is 0 Å². The second-order valence-corrected chi connectivity index (χ2v) is 5.34. The summed E-state index contributed by atoms with van der Waals surface area (Å²) in [6.07, 6.45) is 6.11. The molecule has 0 aromatic carbocycles. The van der Waals surface area contributed by atoms with Gasteiger partial charge >= 0.3 is 0 Å². The average Bonchev–Trinajstić information content (AvgIpc) is 3.05. The van der Waals surface area contributed by atoms with Crippen LogP contribution in [-0.2, 0) is 16.1 Å². The molecule has 0 spiro atoms. The lowest BCUT2D eigenvalue weighted by Gasteiger charge is -2.18. The smallest absolute Gasteiger partial charge is 0.234 e. The number of likely N-dealkylation sites (N-methyl/N-ethyl adjacent to an activating group) is 1. The molecule has 1 aromatic heterocycles. The Morgan fingerprint density at radius 3 is 3.15 bits per heavy atom. The van der Waals surface area contributed by atoms with E-state index in [4.69, 9.17) is 4.74 Å². The van der Waals surface area contributed by atoms with Crippen LogP contribution in [0.4, 0.5) is 0 Å². The van der Waals surface area contributed by atoms with Gasteiger partial charge in [-0.1, -0.05) is 0 Å². The molecule has 112 valence electrons. The highest BCUT2D eigenvalue weighted by Crippen LogP contribution is 2.10. The van der Waals surface area contributed by atoms with Gasteiger partial charge in [0.1, 0.15) is 5.82 Å². The van der Waals surface area contributed by atoms with E-state index in [9.17, 15) is 4.79 Å². The van der Waals surface area contributed by atoms with Crippen LogP contribution in [0.5, 0.6) is 0 Å². The van der Waals surface area contributed by atoms with Gasteiger partial charge < -0.3 is 14.6 Å². The molecule has 2 heterocycles. The zero-order valence-electron chi connectivity index (χ0n) is 12.3. The summed E-state index contributed by atoms with van der Waals surface area (Å²) in [4.78, 5) is 18.0. The molecule has 1 unspecified atom stereocenters. The molecule has 1 saturated heterocycles. The molecule has 6 heteroatoms. The summed E-state index contributed by atoms with van der Waals surface area (Å²) < 4.78 is 7.56. The Balaban J connectivity index is 1.62. The number of nitrogens with zero attached hydrogens (tertiary/aromatic N) is 3. The molecule has 20 heavy (non-hydrogen) atoms. The Kier molecular flexibility index (Phi) is 5.55. The molecule has 1 aliphatic rings. The lowest BCUT2D eigenvalue weighted by molar-refractivity contribution is -0.122. The monoisotopic (exact) mass is 280 g/mol. The highest BCUT2D eigenvalue weighted by molar-refractivity contribution is 5.77. The van der Waals surface area contributed by atoms with Gasteiger partial charge in [0.15, 0.2) is 0 Å². The normalized spacial score (nSPS) is 18.6. The van der Waals surface area contributed by atoms with Crippen molar-refractivity contribution in [3.05, 3.63) is 18.2 Å². The lowest BCUT2D eigenvalue weighted by Crippen LogP contribution is -2.39. The van der Waals surface area contributed by atoms with Crippen LogP contribution < -0.4 is 5.32 Å². The number of carbonyl (C=O) groups is 1. The third-order valence-electron chi connectivity index (χ3n) is 3.61. The maximum absolute atomic E-state index is 11.8. The first-order valence-electron chi connectivity index (χ1n) is 7.19. The molecular weight excluding hydrogens is 256 g/mol. The topological polar surface area (TPSA) is 59.4 Å². The maximum atomic E-state index is 11.8. The van der Waals surface area contributed by atoms with E-state index in [1.165, 1.54) is 0 Å². The van der Waals surface area contributed by atoms with Crippen LogP contribution in [0.3, 0.4) is 0 Å². The third kappa shape index (κ3) is 4.61. The van der Waals surface area contributed by atoms with Crippen molar-refractivity contribution >= 4 is 5.91 Å². The van der Waals surface area contributed by atoms with E-state index in [0.717, 1.165) is 38.4 Å². The predicted molar refractivity (Wildman–Crippen MR) is 76.4 cm³/mol. The van der Waals surface area contributed by atoms with Crippen LogP contribution in [0.2, 0.25) is 0 Å². The molecular formula is C14H24N4O2. The molecule has 2 rings (SSSR count). The second-order valence-electron chi connectivity index (χ2n) is 5.34. The Morgan fingerprint density at radius 2 is 2.50 bits per heavy atom. The number of aryl methyl sites for hydroxylation is 1. The van der Waals surface area contributed by atoms with Crippen molar-refractivity contribution in [1.29, 1.82) is 0 Å². The van der Waals surface area contributed by atoms with Crippen molar-refractivity contribution in [2.24, 2.45) is 0 Å². The number of ether oxygens (including phenoxy) is 1. The Labute approximate surface area is 120 Å². The first kappa shape index (κ1) is 15.0. The summed E-state index contributed by atoms with van der Waals surface area (Å²) in [6, 6.07) is 0. The summed E-state index contributed by atoms with van der Waals surface area (Å²) in [7, 11) is 1.96. The zero-order chi connectivity index (χ0) is 14.4. The number of hydrogen-bond acceptors (Lipinski definition) is 4. The number of amides is 1. The molecule has 1 amide bonds. The summed E-state index contributed by atoms with van der Waals surface area (Å²) in [5.41, 5.74) is 0. The lowest BCUT2D eigenvalue weighted by atomic mass is 10.2. The van der Waals surface area contributed by atoms with Gasteiger partial charge in [0, 0.05) is 38.6 Å². The third-order valence-corrected chi connectivity index (χ3v) is 3.61. The van der Waals surface area contributed by atoms with E-state index in [0.29, 0.717) is 13.1 Å². The van der Waals surface area contributed by atoms with Crippen molar-refractivity contribution in [3.8, 4) is 0 Å². The van der Waals surface area contributed by atoms with E-state index in [2.05, 4.69) is 14.9 Å². The van der Waals surface area contributed by atoms with Crippen molar-refractivity contribution in [3.63, 3.8) is 0 Å². The van der Waals surface area contributed by atoms with Gasteiger partial charge in [0.25, 0.3) is 0 Å². The SMILES string of the molecule is Cc1nccn1CCN(C)CC(=O)NCC1CCCO1. The fourth-order valence-corrected chi connectivity index (χ4v) is 2.33. The van der Waals surface area contributed by atoms with Gasteiger partial charge in [0.05, 0.1) is 12.6 Å². The van der Waals surface area contributed by atoms with Crippen molar-refractivity contribution in [2.45, 2.75) is 32.4 Å². The molecule has 1 atom stereocenters. The average molecular weight is 280 g/mol. The minimum absolute atomic E-state index is 0.0605. The van der Waals surface area contributed by atoms with E-state index in [-0.39, 0.29) is 12.0 Å². The van der Waals surface area contributed by atoms with Gasteiger partial charge in [-0.15, -0.1) is 0 Å². The summed E-state index contributed by atoms with van der Waals surface area (Å²) in [6.45, 7) is 5.53. The maximum Gasteiger partial charge on any atom is 0.234 e. The van der Waals surface area contributed by atoms with Gasteiger partial charge in [-0.2, -0.15) is 0 Å². The summed E-state index contributed by atoms with van der Waals surface area (Å²) >= 11 is 0. The molecule has 1 aromatic rings. The molecule has 1 aliphatic heterocycles. The van der Waals surface area contributed by atoms with Crippen molar-refractivity contribution in [1.82, 2.24) is 19.8 Å². The molecule has 0 aliphatic carbocycles. The molecule has 1 fully saturated rings. The number of rotatable bonds is 7. The van der Waals surface area contributed by atoms with Crippen LogP contribution in [-0.4, -0.2) is 59.8 Å². The van der Waals surface area contributed by atoms with Gasteiger partial charge in [-0.25, -0.2) is 4.98 Å². The van der Waals surface area contributed by atoms with Gasteiger partial charge in [-0.3, -0.25) is 9.69 Å². The quantitative estimate of drug-likeness (QED) is 0.786. The number of nitrogens with one attached hydrogen (secondary N) is 1. The standard InChI is InChI=1S/C14H24N4O2/c1-12-15-5-6-18(12)8-7-17(2)11-14(19)16-10-13-4-3-9-20-13/h5-6,13H,3-4,7-11H2,1-2H3,(H,16,19). The van der Waals surface area contributed by atoms with Gasteiger partial charge in [-0.05, 0) is 26.8 Å². The Bertz CT molecular complexity index is 427. The number of carbonyl (C=O) groups excluding carboxylic acids is 1. The second kappa shape index (κ2) is 7.40. The fraction of sp³-hybridized carbons (Fsp3) is 0.714. The largest absolute Gasteiger partial charge is 0.376 e. The molecule has 1 N–H and O–H groups in total. The first-order chi connectivity index (χ1) is 9.65. The molecule has 6 nitrogen and oxygen atoms in total. The zero-order valence-corrected chi connectivity index (χ0v) is 12.3. The van der Waals surface area contributed by atoms with Crippen LogP contribution >= 0.6 is 0 Å². The van der Waals surface area contributed by atoms with Crippen LogP contribution in [0.1, 0.15) is 18.7 Å². The van der Waals surface area contributed by atoms with E-state index in [1.54, 1.807) is 6.20 Å². The fourth-order valence-electron chi connectivity index (χ4n) is 2.33. The van der Waals surface area contributed by atoms with E-state index >= 15 is 0 Å². The minimum atomic E-state index is 0.0605. The van der Waals surface area contributed by atoms with Crippen molar-refractivity contribution in [2.75, 3.05) is 33.3 Å². The predicted octanol–water partition coefficient (Wildman–Crippen LogP) is 0.419. The number of aromatic nitrogens is 2. The highest BCUT2D eigenvalue weighted by atomic mass is 16.5. The Morgan fingerprint density at radius 1 is 1.65 bits per heavy atom. The van der Waals surface area contributed by atoms with Crippen LogP contribution in [0.15, 0.2) is 12.4 Å². The molecule has 0 radical (unpaired) electrons. The van der Waals surface area contributed by atoms with Crippen LogP contribution in [0, 0.1) is 6.92 Å². The highest BCUT2D eigenvalue weighted by Gasteiger charge is 2.16. The number of hydrogen-bond donors (Lipinski definition) is 1. The Hall–Kier alpha value is -1.40. The first-order valence-corrected chi connectivity index (χ1v) is 7.19. The molecule has 0 saturated carbocycles. The van der Waals surface area contributed by atoms with E-state index in [1.807, 2.05) is 25.1 Å². The summed E-state index contributed by atoms with van der Waals surface area (Å²) in [5, 5.41) is 2.94.